The lowest BCUT2D eigenvalue weighted by molar-refractivity contribution is -0.119. The molecule has 0 aromatic heterocycles. The molecule has 11 heteroatoms. The molecule has 0 fully saturated rings. The van der Waals surface area contributed by atoms with E-state index in [9.17, 15) is 19.2 Å². The van der Waals surface area contributed by atoms with Crippen LogP contribution in [0.3, 0.4) is 0 Å². The minimum atomic E-state index is -0.518. The van der Waals surface area contributed by atoms with Crippen LogP contribution in [-0.2, 0) is 20.7 Å². The van der Waals surface area contributed by atoms with Crippen LogP contribution in [-0.4, -0.2) is 50.1 Å². The molecule has 4 aromatic rings. The van der Waals surface area contributed by atoms with Crippen molar-refractivity contribution < 1.29 is 28.7 Å². The number of carbonyl (C=O) groups is 4. The van der Waals surface area contributed by atoms with Gasteiger partial charge in [-0.05, 0) is 91.2 Å². The molecule has 0 spiro atoms. The number of hydrogen-bond donors (Lipinski definition) is 4. The Bertz CT molecular complexity index is 1780. The van der Waals surface area contributed by atoms with E-state index in [-0.39, 0.29) is 36.4 Å². The SMILES string of the molecule is CCC(=O)N1c2ccccc2[C@H](Nc2ccc(NC(=O)CNC(=O)Nc3ccc(OCCc4cccc(C(=O)OC)c4)cc3)cc2)C[C@@H]1C. The van der Waals surface area contributed by atoms with Crippen LogP contribution in [0.4, 0.5) is 27.5 Å². The largest absolute Gasteiger partial charge is 0.493 e. The smallest absolute Gasteiger partial charge is 0.337 e. The molecule has 0 saturated heterocycles. The van der Waals surface area contributed by atoms with Crippen molar-refractivity contribution in [2.24, 2.45) is 0 Å². The number of urea groups is 1. The molecule has 1 heterocycles. The Morgan fingerprint density at radius 2 is 1.53 bits per heavy atom. The van der Waals surface area contributed by atoms with Crippen LogP contribution in [0, 0.1) is 0 Å². The molecule has 0 bridgehead atoms. The highest BCUT2D eigenvalue weighted by Crippen LogP contribution is 2.39. The molecule has 0 unspecified atom stereocenters. The molecule has 2 atom stereocenters. The Morgan fingerprint density at radius 3 is 2.27 bits per heavy atom. The molecule has 254 valence electrons. The summed E-state index contributed by atoms with van der Waals surface area (Å²) in [7, 11) is 1.35. The maximum absolute atomic E-state index is 12.6. The summed E-state index contributed by atoms with van der Waals surface area (Å²) in [6.07, 6.45) is 1.82. The van der Waals surface area contributed by atoms with E-state index in [1.807, 2.05) is 48.2 Å². The van der Waals surface area contributed by atoms with Crippen LogP contribution < -0.4 is 30.9 Å². The topological polar surface area (TPSA) is 138 Å². The summed E-state index contributed by atoms with van der Waals surface area (Å²) < 4.78 is 10.6. The molecule has 0 saturated carbocycles. The lowest BCUT2D eigenvalue weighted by atomic mass is 9.91. The number of methoxy groups -OCH3 is 1. The first-order valence-corrected chi connectivity index (χ1v) is 16.3. The number of anilines is 4. The van der Waals surface area contributed by atoms with Crippen LogP contribution in [0.15, 0.2) is 97.1 Å². The number of nitrogens with one attached hydrogen (secondary N) is 4. The van der Waals surface area contributed by atoms with Gasteiger partial charge < -0.3 is 35.6 Å². The number of rotatable bonds is 12. The third-order valence-electron chi connectivity index (χ3n) is 8.20. The maximum Gasteiger partial charge on any atom is 0.337 e. The summed E-state index contributed by atoms with van der Waals surface area (Å²) in [4.78, 5) is 51.2. The highest BCUT2D eigenvalue weighted by Gasteiger charge is 2.32. The van der Waals surface area contributed by atoms with Gasteiger partial charge in [-0.1, -0.05) is 37.3 Å². The van der Waals surface area contributed by atoms with Gasteiger partial charge in [0.25, 0.3) is 0 Å². The van der Waals surface area contributed by atoms with Gasteiger partial charge in [-0.3, -0.25) is 9.59 Å². The summed E-state index contributed by atoms with van der Waals surface area (Å²) >= 11 is 0. The molecule has 5 rings (SSSR count). The molecule has 1 aliphatic heterocycles. The molecule has 1 aliphatic rings. The average Bonchev–Trinajstić information content (AvgIpc) is 3.12. The average molecular weight is 664 g/mol. The lowest BCUT2D eigenvalue weighted by Crippen LogP contribution is -2.44. The van der Waals surface area contributed by atoms with Crippen molar-refractivity contribution in [1.29, 1.82) is 0 Å². The van der Waals surface area contributed by atoms with Gasteiger partial charge in [0, 0.05) is 41.6 Å². The predicted molar refractivity (Wildman–Crippen MR) is 190 cm³/mol. The Balaban J connectivity index is 1.04. The fourth-order valence-electron chi connectivity index (χ4n) is 5.78. The normalized spacial score (nSPS) is 15.0. The van der Waals surface area contributed by atoms with Gasteiger partial charge in [-0.15, -0.1) is 0 Å². The molecule has 4 aromatic carbocycles. The third kappa shape index (κ3) is 9.16. The quantitative estimate of drug-likeness (QED) is 0.126. The Kier molecular flexibility index (Phi) is 11.5. The number of nitrogens with zero attached hydrogens (tertiary/aromatic N) is 1. The Morgan fingerprint density at radius 1 is 0.837 bits per heavy atom. The molecule has 11 nitrogen and oxygen atoms in total. The summed E-state index contributed by atoms with van der Waals surface area (Å²) in [5.41, 5.74) is 5.48. The molecular formula is C38H41N5O6. The number of fused-ring (bicyclic) bond motifs is 1. The summed E-state index contributed by atoms with van der Waals surface area (Å²) in [5.74, 6) is -0.0111. The predicted octanol–water partition coefficient (Wildman–Crippen LogP) is 6.54. The number of amides is 4. The van der Waals surface area contributed by atoms with Crippen LogP contribution in [0.1, 0.15) is 54.2 Å². The minimum Gasteiger partial charge on any atom is -0.493 e. The first-order chi connectivity index (χ1) is 23.7. The highest BCUT2D eigenvalue weighted by atomic mass is 16.5. The summed E-state index contributed by atoms with van der Waals surface area (Å²) in [6.45, 7) is 4.14. The summed E-state index contributed by atoms with van der Waals surface area (Å²) in [5, 5.41) is 11.6. The molecule has 0 aliphatic carbocycles. The molecule has 49 heavy (non-hydrogen) atoms. The van der Waals surface area contributed by atoms with Gasteiger partial charge in [0.15, 0.2) is 0 Å². The highest BCUT2D eigenvalue weighted by molar-refractivity contribution is 5.97. The van der Waals surface area contributed by atoms with Gasteiger partial charge in [0.2, 0.25) is 11.8 Å². The minimum absolute atomic E-state index is 0.0304. The number of carbonyl (C=O) groups excluding carboxylic acids is 4. The van der Waals surface area contributed by atoms with E-state index in [2.05, 4.69) is 34.3 Å². The van der Waals surface area contributed by atoms with Crippen LogP contribution in [0.25, 0.3) is 0 Å². The molecule has 0 radical (unpaired) electrons. The van der Waals surface area contributed by atoms with Gasteiger partial charge >= 0.3 is 12.0 Å². The van der Waals surface area contributed by atoms with Crippen LogP contribution >= 0.6 is 0 Å². The van der Waals surface area contributed by atoms with Gasteiger partial charge in [0.05, 0.1) is 31.9 Å². The van der Waals surface area contributed by atoms with E-state index in [0.29, 0.717) is 42.1 Å². The molecular weight excluding hydrogens is 622 g/mol. The third-order valence-corrected chi connectivity index (χ3v) is 8.20. The lowest BCUT2D eigenvalue weighted by Gasteiger charge is -2.40. The Labute approximate surface area is 286 Å². The van der Waals surface area contributed by atoms with E-state index < -0.39 is 6.03 Å². The second-order valence-electron chi connectivity index (χ2n) is 11.7. The van der Waals surface area contributed by atoms with Crippen LogP contribution in [0.2, 0.25) is 0 Å². The van der Waals surface area contributed by atoms with Crippen molar-refractivity contribution in [3.8, 4) is 5.75 Å². The van der Waals surface area contributed by atoms with E-state index in [1.165, 1.54) is 7.11 Å². The standard InChI is InChI=1S/C38H41N5O6/c1-4-36(45)43-25(2)22-33(32-10-5-6-11-34(32)43)40-28-12-14-29(15-13-28)41-35(44)24-39-38(47)42-30-16-18-31(19-17-30)49-21-20-26-8-7-9-27(23-26)37(46)48-3/h5-19,23,25,33,40H,4,20-22,24H2,1-3H3,(H,41,44)(H2,39,42,47)/t25-,33+/m0/s1. The number of hydrogen-bond acceptors (Lipinski definition) is 7. The number of ether oxygens (including phenoxy) is 2. The number of para-hydroxylation sites is 1. The van der Waals surface area contributed by atoms with Crippen LogP contribution in [0.5, 0.6) is 5.75 Å². The first-order valence-electron chi connectivity index (χ1n) is 16.3. The number of esters is 1. The number of benzene rings is 4. The monoisotopic (exact) mass is 663 g/mol. The zero-order valence-electron chi connectivity index (χ0n) is 27.8. The molecule has 4 amide bonds. The van der Waals surface area contributed by atoms with Crippen molar-refractivity contribution in [2.75, 3.05) is 41.1 Å². The van der Waals surface area contributed by atoms with E-state index in [4.69, 9.17) is 9.47 Å². The Hall–Kier alpha value is -5.84. The van der Waals surface area contributed by atoms with Crippen molar-refractivity contribution in [1.82, 2.24) is 5.32 Å². The van der Waals surface area contributed by atoms with Gasteiger partial charge in [0.1, 0.15) is 5.75 Å². The van der Waals surface area contributed by atoms with E-state index in [0.717, 1.165) is 28.9 Å². The summed E-state index contributed by atoms with van der Waals surface area (Å²) in [6, 6.07) is 29.0. The first kappa shape index (κ1) is 34.5. The van der Waals surface area contributed by atoms with Gasteiger partial charge in [-0.2, -0.15) is 0 Å². The zero-order valence-corrected chi connectivity index (χ0v) is 27.8. The fraction of sp³-hybridized carbons (Fsp3) is 0.263. The zero-order chi connectivity index (χ0) is 34.8. The van der Waals surface area contributed by atoms with Crippen molar-refractivity contribution in [2.45, 2.75) is 45.2 Å². The van der Waals surface area contributed by atoms with Gasteiger partial charge in [-0.25, -0.2) is 9.59 Å². The van der Waals surface area contributed by atoms with Crippen molar-refractivity contribution >= 4 is 46.6 Å². The van der Waals surface area contributed by atoms with Crippen molar-refractivity contribution in [3.05, 3.63) is 114 Å². The molecule has 4 N–H and O–H groups in total. The van der Waals surface area contributed by atoms with Crippen molar-refractivity contribution in [3.63, 3.8) is 0 Å². The second kappa shape index (κ2) is 16.3. The van der Waals surface area contributed by atoms with E-state index in [1.54, 1.807) is 54.6 Å². The maximum atomic E-state index is 12.6. The fourth-order valence-corrected chi connectivity index (χ4v) is 5.78. The van der Waals surface area contributed by atoms with E-state index >= 15 is 0 Å². The second-order valence-corrected chi connectivity index (χ2v) is 11.7.